The normalized spacial score (nSPS) is 9.96. The second kappa shape index (κ2) is 8.00. The van der Waals surface area contributed by atoms with Crippen molar-refractivity contribution in [1.29, 1.82) is 5.26 Å². The van der Waals surface area contributed by atoms with Crippen LogP contribution in [0.3, 0.4) is 0 Å². The standard InChI is InChI=1S/C19H20N2O2/c1-3-23-19(22)12-13-21(2)17-10-8-15(9-11-17)18-7-5-4-6-16(18)14-20/h4-11H,3,12-13H2,1-2H3. The van der Waals surface area contributed by atoms with E-state index in [1.54, 1.807) is 6.92 Å². The summed E-state index contributed by atoms with van der Waals surface area (Å²) in [5.74, 6) is -0.182. The van der Waals surface area contributed by atoms with E-state index in [1.165, 1.54) is 0 Å². The number of carbonyl (C=O) groups excluding carboxylic acids is 1. The van der Waals surface area contributed by atoms with Gasteiger partial charge in [-0.25, -0.2) is 0 Å². The Kier molecular flexibility index (Phi) is 5.76. The van der Waals surface area contributed by atoms with Gasteiger partial charge in [-0.15, -0.1) is 0 Å². The topological polar surface area (TPSA) is 53.3 Å². The maximum absolute atomic E-state index is 11.4. The molecule has 4 nitrogen and oxygen atoms in total. The fraction of sp³-hybridized carbons (Fsp3) is 0.263. The molecule has 0 heterocycles. The van der Waals surface area contributed by atoms with Crippen molar-refractivity contribution < 1.29 is 9.53 Å². The molecule has 4 heteroatoms. The van der Waals surface area contributed by atoms with Crippen LogP contribution in [0.25, 0.3) is 11.1 Å². The Hall–Kier alpha value is -2.80. The van der Waals surface area contributed by atoms with Crippen molar-refractivity contribution in [2.45, 2.75) is 13.3 Å². The number of nitriles is 1. The van der Waals surface area contributed by atoms with Gasteiger partial charge >= 0.3 is 5.97 Å². The monoisotopic (exact) mass is 308 g/mol. The van der Waals surface area contributed by atoms with Gasteiger partial charge in [-0.3, -0.25) is 4.79 Å². The van der Waals surface area contributed by atoms with Crippen LogP contribution in [-0.4, -0.2) is 26.2 Å². The maximum Gasteiger partial charge on any atom is 0.307 e. The van der Waals surface area contributed by atoms with Crippen LogP contribution in [0.1, 0.15) is 18.9 Å². The number of carbonyl (C=O) groups is 1. The van der Waals surface area contributed by atoms with E-state index in [1.807, 2.05) is 60.5 Å². The van der Waals surface area contributed by atoms with Gasteiger partial charge in [0.05, 0.1) is 24.7 Å². The van der Waals surface area contributed by atoms with Gasteiger partial charge in [-0.2, -0.15) is 5.26 Å². The quantitative estimate of drug-likeness (QED) is 0.765. The molecule has 2 aromatic carbocycles. The fourth-order valence-electron chi connectivity index (χ4n) is 2.35. The third-order valence-electron chi connectivity index (χ3n) is 3.62. The fourth-order valence-corrected chi connectivity index (χ4v) is 2.35. The molecule has 0 bridgehead atoms. The summed E-state index contributed by atoms with van der Waals surface area (Å²) in [6.45, 7) is 2.82. The summed E-state index contributed by atoms with van der Waals surface area (Å²) in [7, 11) is 1.94. The summed E-state index contributed by atoms with van der Waals surface area (Å²) < 4.78 is 4.93. The Balaban J connectivity index is 2.07. The smallest absolute Gasteiger partial charge is 0.307 e. The second-order valence-electron chi connectivity index (χ2n) is 5.18. The van der Waals surface area contributed by atoms with Crippen LogP contribution in [0, 0.1) is 11.3 Å². The number of hydrogen-bond donors (Lipinski definition) is 0. The van der Waals surface area contributed by atoms with Crippen LogP contribution in [0.4, 0.5) is 5.69 Å². The number of esters is 1. The molecule has 2 aromatic rings. The Bertz CT molecular complexity index is 702. The lowest BCUT2D eigenvalue weighted by Gasteiger charge is -2.19. The van der Waals surface area contributed by atoms with Crippen molar-refractivity contribution in [2.75, 3.05) is 25.1 Å². The highest BCUT2D eigenvalue weighted by molar-refractivity contribution is 5.72. The van der Waals surface area contributed by atoms with Crippen LogP contribution in [0.15, 0.2) is 48.5 Å². The van der Waals surface area contributed by atoms with E-state index >= 15 is 0 Å². The summed E-state index contributed by atoms with van der Waals surface area (Å²) >= 11 is 0. The molecule has 23 heavy (non-hydrogen) atoms. The van der Waals surface area contributed by atoms with Crippen molar-refractivity contribution in [2.24, 2.45) is 0 Å². The largest absolute Gasteiger partial charge is 0.466 e. The van der Waals surface area contributed by atoms with E-state index < -0.39 is 0 Å². The number of anilines is 1. The first-order chi connectivity index (χ1) is 11.2. The summed E-state index contributed by atoms with van der Waals surface area (Å²) in [5.41, 5.74) is 3.61. The average molecular weight is 308 g/mol. The molecule has 118 valence electrons. The summed E-state index contributed by atoms with van der Waals surface area (Å²) in [6, 6.07) is 17.7. The summed E-state index contributed by atoms with van der Waals surface area (Å²) in [6.07, 6.45) is 0.364. The molecular weight excluding hydrogens is 288 g/mol. The molecule has 2 rings (SSSR count). The first-order valence-corrected chi connectivity index (χ1v) is 7.62. The molecule has 0 N–H and O–H groups in total. The van der Waals surface area contributed by atoms with Crippen molar-refractivity contribution in [3.8, 4) is 17.2 Å². The zero-order valence-electron chi connectivity index (χ0n) is 13.5. The zero-order valence-corrected chi connectivity index (χ0v) is 13.5. The van der Waals surface area contributed by atoms with Crippen LogP contribution < -0.4 is 4.90 Å². The molecule has 0 unspecified atom stereocenters. The van der Waals surface area contributed by atoms with E-state index in [0.717, 1.165) is 16.8 Å². The van der Waals surface area contributed by atoms with Gasteiger partial charge in [-0.05, 0) is 36.2 Å². The van der Waals surface area contributed by atoms with Crippen LogP contribution in [0.5, 0.6) is 0 Å². The molecule has 0 aromatic heterocycles. The third kappa shape index (κ3) is 4.33. The Morgan fingerprint density at radius 2 is 1.87 bits per heavy atom. The predicted molar refractivity (Wildman–Crippen MR) is 91.1 cm³/mol. The molecule has 0 aliphatic heterocycles. The molecule has 0 spiro atoms. The van der Waals surface area contributed by atoms with Crippen molar-refractivity contribution in [3.05, 3.63) is 54.1 Å². The molecule has 0 atom stereocenters. The first-order valence-electron chi connectivity index (χ1n) is 7.62. The molecule has 0 fully saturated rings. The van der Waals surface area contributed by atoms with Crippen molar-refractivity contribution >= 4 is 11.7 Å². The summed E-state index contributed by atoms with van der Waals surface area (Å²) in [5, 5.41) is 9.19. The highest BCUT2D eigenvalue weighted by Gasteiger charge is 2.08. The Labute approximate surface area is 136 Å². The van der Waals surface area contributed by atoms with Gasteiger partial charge in [0, 0.05) is 19.3 Å². The summed E-state index contributed by atoms with van der Waals surface area (Å²) in [4.78, 5) is 13.4. The average Bonchev–Trinajstić information content (AvgIpc) is 2.60. The number of benzene rings is 2. The highest BCUT2D eigenvalue weighted by Crippen LogP contribution is 2.25. The van der Waals surface area contributed by atoms with Crippen LogP contribution in [0.2, 0.25) is 0 Å². The molecule has 0 aliphatic rings. The third-order valence-corrected chi connectivity index (χ3v) is 3.62. The van der Waals surface area contributed by atoms with Crippen LogP contribution >= 0.6 is 0 Å². The molecule has 0 radical (unpaired) electrons. The molecule has 0 saturated carbocycles. The van der Waals surface area contributed by atoms with Gasteiger partial charge in [0.2, 0.25) is 0 Å². The van der Waals surface area contributed by atoms with Gasteiger partial charge in [0.15, 0.2) is 0 Å². The molecule has 0 aliphatic carbocycles. The van der Waals surface area contributed by atoms with E-state index in [0.29, 0.717) is 25.1 Å². The molecule has 0 amide bonds. The SMILES string of the molecule is CCOC(=O)CCN(C)c1ccc(-c2ccccc2C#N)cc1. The lowest BCUT2D eigenvalue weighted by molar-refractivity contribution is -0.142. The van der Waals surface area contributed by atoms with E-state index in [-0.39, 0.29) is 5.97 Å². The molecular formula is C19H20N2O2. The van der Waals surface area contributed by atoms with Gasteiger partial charge in [-0.1, -0.05) is 30.3 Å². The van der Waals surface area contributed by atoms with Crippen molar-refractivity contribution in [3.63, 3.8) is 0 Å². The van der Waals surface area contributed by atoms with E-state index in [9.17, 15) is 10.1 Å². The lowest BCUT2D eigenvalue weighted by atomic mass is 10.0. The van der Waals surface area contributed by atoms with Gasteiger partial charge < -0.3 is 9.64 Å². The van der Waals surface area contributed by atoms with Gasteiger partial charge in [0.1, 0.15) is 0 Å². The number of ether oxygens (including phenoxy) is 1. The van der Waals surface area contributed by atoms with Crippen molar-refractivity contribution in [1.82, 2.24) is 0 Å². The minimum Gasteiger partial charge on any atom is -0.466 e. The number of nitrogens with zero attached hydrogens (tertiary/aromatic N) is 2. The van der Waals surface area contributed by atoms with Gasteiger partial charge in [0.25, 0.3) is 0 Å². The van der Waals surface area contributed by atoms with Crippen LogP contribution in [-0.2, 0) is 9.53 Å². The Morgan fingerprint density at radius 1 is 1.17 bits per heavy atom. The second-order valence-corrected chi connectivity index (χ2v) is 5.18. The minimum absolute atomic E-state index is 0.182. The maximum atomic E-state index is 11.4. The van der Waals surface area contributed by atoms with E-state index in [2.05, 4.69) is 6.07 Å². The zero-order chi connectivity index (χ0) is 16.7. The predicted octanol–water partition coefficient (Wildman–Crippen LogP) is 3.61. The minimum atomic E-state index is -0.182. The highest BCUT2D eigenvalue weighted by atomic mass is 16.5. The molecule has 0 saturated heterocycles. The Morgan fingerprint density at radius 3 is 2.52 bits per heavy atom. The first kappa shape index (κ1) is 16.6. The lowest BCUT2D eigenvalue weighted by Crippen LogP contribution is -2.21. The number of hydrogen-bond acceptors (Lipinski definition) is 4. The number of rotatable bonds is 6. The van der Waals surface area contributed by atoms with E-state index in [4.69, 9.17) is 4.74 Å².